The van der Waals surface area contributed by atoms with Gasteiger partial charge in [-0.1, -0.05) is 0 Å². The minimum Gasteiger partial charge on any atom is -0.465 e. The Balaban J connectivity index is 1.31. The first-order valence-corrected chi connectivity index (χ1v) is 10.0. The van der Waals surface area contributed by atoms with Crippen molar-refractivity contribution < 1.29 is 9.21 Å². The van der Waals surface area contributed by atoms with E-state index >= 15 is 0 Å². The van der Waals surface area contributed by atoms with Gasteiger partial charge in [-0.25, -0.2) is 0 Å². The maximum Gasteiger partial charge on any atom is 0.234 e. The summed E-state index contributed by atoms with van der Waals surface area (Å²) in [5.74, 6) is 2.82. The monoisotopic (exact) mass is 362 g/mol. The van der Waals surface area contributed by atoms with E-state index in [2.05, 4.69) is 33.1 Å². The van der Waals surface area contributed by atoms with E-state index in [1.54, 1.807) is 0 Å². The quantitative estimate of drug-likeness (QED) is 0.832. The molecule has 146 valence electrons. The number of rotatable bonds is 6. The van der Waals surface area contributed by atoms with Crippen LogP contribution < -0.4 is 5.32 Å². The Labute approximate surface area is 157 Å². The molecule has 6 heteroatoms. The van der Waals surface area contributed by atoms with Crippen molar-refractivity contribution >= 4 is 5.91 Å². The Hall–Kier alpha value is -1.37. The molecule has 1 N–H and O–H groups in total. The van der Waals surface area contributed by atoms with Gasteiger partial charge in [0.05, 0.1) is 13.1 Å². The summed E-state index contributed by atoms with van der Waals surface area (Å²) in [4.78, 5) is 19.3. The number of nitrogens with one attached hydrogen (secondary N) is 1. The molecule has 1 aromatic rings. The van der Waals surface area contributed by atoms with Crippen LogP contribution in [0, 0.1) is 12.8 Å². The summed E-state index contributed by atoms with van der Waals surface area (Å²) in [6.07, 6.45) is 3.44. The minimum atomic E-state index is 0.183. The van der Waals surface area contributed by atoms with Crippen molar-refractivity contribution in [1.29, 1.82) is 0 Å². The molecule has 0 unspecified atom stereocenters. The Bertz CT molecular complexity index is 566. The van der Waals surface area contributed by atoms with Crippen LogP contribution in [0.1, 0.15) is 30.8 Å². The summed E-state index contributed by atoms with van der Waals surface area (Å²) in [6, 6.07) is 4.10. The smallest absolute Gasteiger partial charge is 0.234 e. The van der Waals surface area contributed by atoms with Crippen molar-refractivity contribution in [2.75, 3.05) is 59.4 Å². The number of aryl methyl sites for hydroxylation is 1. The zero-order valence-electron chi connectivity index (χ0n) is 16.4. The Morgan fingerprint density at radius 3 is 2.65 bits per heavy atom. The van der Waals surface area contributed by atoms with E-state index in [-0.39, 0.29) is 5.91 Å². The van der Waals surface area contributed by atoms with Crippen molar-refractivity contribution in [3.63, 3.8) is 0 Å². The predicted molar refractivity (Wildman–Crippen MR) is 103 cm³/mol. The number of likely N-dealkylation sites (N-methyl/N-ethyl adjacent to an activating group) is 1. The van der Waals surface area contributed by atoms with Gasteiger partial charge in [-0.15, -0.1) is 0 Å². The Morgan fingerprint density at radius 1 is 1.12 bits per heavy atom. The van der Waals surface area contributed by atoms with Crippen LogP contribution in [0.2, 0.25) is 0 Å². The SMILES string of the molecule is Cc1ccc(CN2CCC(CNC(=O)CN3CCCN(C)CC3)CC2)o1. The van der Waals surface area contributed by atoms with Crippen LogP contribution >= 0.6 is 0 Å². The maximum atomic E-state index is 12.3. The summed E-state index contributed by atoms with van der Waals surface area (Å²) in [5, 5.41) is 3.17. The molecular formula is C20H34N4O2. The number of carbonyl (C=O) groups excluding carboxylic acids is 1. The van der Waals surface area contributed by atoms with Crippen LogP contribution in [0.4, 0.5) is 0 Å². The number of nitrogens with zero attached hydrogens (tertiary/aromatic N) is 3. The molecule has 3 rings (SSSR count). The maximum absolute atomic E-state index is 12.3. The predicted octanol–water partition coefficient (Wildman–Crippen LogP) is 1.55. The van der Waals surface area contributed by atoms with Gasteiger partial charge in [0.2, 0.25) is 5.91 Å². The molecule has 0 saturated carbocycles. The topological polar surface area (TPSA) is 52.0 Å². The fraction of sp³-hybridized carbons (Fsp3) is 0.750. The normalized spacial score (nSPS) is 21.6. The highest BCUT2D eigenvalue weighted by molar-refractivity contribution is 5.78. The van der Waals surface area contributed by atoms with E-state index in [4.69, 9.17) is 4.42 Å². The van der Waals surface area contributed by atoms with Crippen LogP contribution in [0.5, 0.6) is 0 Å². The van der Waals surface area contributed by atoms with Gasteiger partial charge in [0.1, 0.15) is 11.5 Å². The van der Waals surface area contributed by atoms with Crippen molar-refractivity contribution in [2.24, 2.45) is 5.92 Å². The van der Waals surface area contributed by atoms with E-state index in [0.29, 0.717) is 12.5 Å². The molecule has 0 aromatic carbocycles. The highest BCUT2D eigenvalue weighted by Gasteiger charge is 2.21. The molecule has 2 saturated heterocycles. The van der Waals surface area contributed by atoms with Gasteiger partial charge in [-0.3, -0.25) is 14.6 Å². The zero-order valence-corrected chi connectivity index (χ0v) is 16.4. The number of hydrogen-bond acceptors (Lipinski definition) is 5. The third-order valence-electron chi connectivity index (χ3n) is 5.65. The summed E-state index contributed by atoms with van der Waals surface area (Å²) in [6.45, 7) is 10.6. The molecule has 0 aliphatic carbocycles. The lowest BCUT2D eigenvalue weighted by Gasteiger charge is -2.31. The van der Waals surface area contributed by atoms with Gasteiger partial charge in [-0.2, -0.15) is 0 Å². The first-order chi connectivity index (χ1) is 12.6. The van der Waals surface area contributed by atoms with E-state index in [0.717, 1.165) is 83.1 Å². The molecule has 0 bridgehead atoms. The van der Waals surface area contributed by atoms with Gasteiger partial charge < -0.3 is 14.6 Å². The number of furan rings is 1. The van der Waals surface area contributed by atoms with E-state index in [9.17, 15) is 4.79 Å². The number of carbonyl (C=O) groups is 1. The fourth-order valence-corrected chi connectivity index (χ4v) is 3.91. The summed E-state index contributed by atoms with van der Waals surface area (Å²) in [5.41, 5.74) is 0. The number of piperidine rings is 1. The summed E-state index contributed by atoms with van der Waals surface area (Å²) in [7, 11) is 2.16. The second-order valence-electron chi connectivity index (χ2n) is 7.97. The molecule has 1 amide bonds. The van der Waals surface area contributed by atoms with Gasteiger partial charge in [0.15, 0.2) is 0 Å². The zero-order chi connectivity index (χ0) is 18.4. The first-order valence-electron chi connectivity index (χ1n) is 10.0. The highest BCUT2D eigenvalue weighted by atomic mass is 16.3. The molecule has 6 nitrogen and oxygen atoms in total. The average Bonchev–Trinajstić information content (AvgIpc) is 2.92. The molecule has 2 aliphatic heterocycles. The molecule has 0 spiro atoms. The lowest BCUT2D eigenvalue weighted by Crippen LogP contribution is -2.42. The molecule has 0 radical (unpaired) electrons. The Morgan fingerprint density at radius 2 is 1.92 bits per heavy atom. The van der Waals surface area contributed by atoms with Crippen molar-refractivity contribution in [2.45, 2.75) is 32.7 Å². The van der Waals surface area contributed by atoms with Gasteiger partial charge in [-0.05, 0) is 77.5 Å². The first kappa shape index (κ1) is 19.4. The van der Waals surface area contributed by atoms with E-state index in [1.165, 1.54) is 0 Å². The van der Waals surface area contributed by atoms with Crippen molar-refractivity contribution in [1.82, 2.24) is 20.0 Å². The van der Waals surface area contributed by atoms with Crippen molar-refractivity contribution in [3.8, 4) is 0 Å². The molecule has 3 heterocycles. The summed E-state index contributed by atoms with van der Waals surface area (Å²) < 4.78 is 5.67. The molecule has 2 aliphatic rings. The average molecular weight is 363 g/mol. The molecule has 1 aromatic heterocycles. The molecule has 26 heavy (non-hydrogen) atoms. The number of likely N-dealkylation sites (tertiary alicyclic amines) is 1. The van der Waals surface area contributed by atoms with Crippen LogP contribution in [0.25, 0.3) is 0 Å². The van der Waals surface area contributed by atoms with Crippen LogP contribution in [0.15, 0.2) is 16.5 Å². The van der Waals surface area contributed by atoms with Gasteiger partial charge in [0.25, 0.3) is 0 Å². The summed E-state index contributed by atoms with van der Waals surface area (Å²) >= 11 is 0. The van der Waals surface area contributed by atoms with Crippen LogP contribution in [-0.4, -0.2) is 80.0 Å². The van der Waals surface area contributed by atoms with Crippen molar-refractivity contribution in [3.05, 3.63) is 23.7 Å². The number of amides is 1. The fourth-order valence-electron chi connectivity index (χ4n) is 3.91. The van der Waals surface area contributed by atoms with Crippen LogP contribution in [0.3, 0.4) is 0 Å². The third-order valence-corrected chi connectivity index (χ3v) is 5.65. The largest absolute Gasteiger partial charge is 0.465 e. The van der Waals surface area contributed by atoms with Gasteiger partial charge in [0, 0.05) is 19.6 Å². The standard InChI is InChI=1S/C20H34N4O2/c1-17-4-5-19(26-17)15-24-10-6-18(7-11-24)14-21-20(25)16-23-9-3-8-22(2)12-13-23/h4-5,18H,3,6-16H2,1-2H3,(H,21,25). The van der Waals surface area contributed by atoms with E-state index < -0.39 is 0 Å². The molecule has 2 fully saturated rings. The van der Waals surface area contributed by atoms with E-state index in [1.807, 2.05) is 13.0 Å². The third kappa shape index (κ3) is 6.11. The minimum absolute atomic E-state index is 0.183. The second-order valence-corrected chi connectivity index (χ2v) is 7.97. The molecule has 0 atom stereocenters. The Kier molecular flexibility index (Phi) is 7.11. The molecular weight excluding hydrogens is 328 g/mol. The lowest BCUT2D eigenvalue weighted by molar-refractivity contribution is -0.122. The highest BCUT2D eigenvalue weighted by Crippen LogP contribution is 2.19. The second kappa shape index (κ2) is 9.53. The van der Waals surface area contributed by atoms with Gasteiger partial charge >= 0.3 is 0 Å². The lowest BCUT2D eigenvalue weighted by atomic mass is 9.96. The number of hydrogen-bond donors (Lipinski definition) is 1. The van der Waals surface area contributed by atoms with Crippen LogP contribution in [-0.2, 0) is 11.3 Å².